The largest absolute Gasteiger partial charge is 0.756 e. The van der Waals surface area contributed by atoms with E-state index in [1.54, 1.807) is 0 Å². The van der Waals surface area contributed by atoms with Crippen LogP contribution in [0.5, 0.6) is 0 Å². The summed E-state index contributed by atoms with van der Waals surface area (Å²) in [6.07, 6.45) is 0. The molecule has 0 aromatic heterocycles. The van der Waals surface area contributed by atoms with Crippen LogP contribution in [0.1, 0.15) is 0 Å². The molecule has 1 unspecified atom stereocenters. The molecule has 0 spiro atoms. The van der Waals surface area contributed by atoms with Crippen molar-refractivity contribution < 1.29 is 24.6 Å². The Labute approximate surface area is 46.7 Å². The molecular formula is C2H8NO4P. The minimum absolute atomic E-state index is 0.0583. The molecule has 0 aromatic rings. The summed E-state index contributed by atoms with van der Waals surface area (Å²) in [6, 6.07) is 0. The van der Waals surface area contributed by atoms with Crippen molar-refractivity contribution in [3.05, 3.63) is 0 Å². The predicted octanol–water partition coefficient (Wildman–Crippen LogP) is -2.29. The molecule has 0 amide bonds. The van der Waals surface area contributed by atoms with Crippen molar-refractivity contribution in [2.45, 2.75) is 0 Å². The first-order valence-electron chi connectivity index (χ1n) is 2.04. The van der Waals surface area contributed by atoms with Crippen LogP contribution in [0.25, 0.3) is 0 Å². The average molecular weight is 141 g/mol. The molecule has 0 aromatic carbocycles. The lowest BCUT2D eigenvalue weighted by Gasteiger charge is -2.13. The highest BCUT2D eigenvalue weighted by Gasteiger charge is 1.98. The topological polar surface area (TPSA) is 97.2 Å². The van der Waals surface area contributed by atoms with E-state index in [1.807, 2.05) is 0 Å². The van der Waals surface area contributed by atoms with Gasteiger partial charge in [-0.25, -0.2) is 0 Å². The van der Waals surface area contributed by atoms with Crippen molar-refractivity contribution in [2.75, 3.05) is 13.2 Å². The predicted molar refractivity (Wildman–Crippen MR) is 23.5 cm³/mol. The van der Waals surface area contributed by atoms with Crippen LogP contribution in [-0.4, -0.2) is 18.0 Å². The van der Waals surface area contributed by atoms with Gasteiger partial charge in [-0.1, -0.05) is 0 Å². The molecule has 0 saturated carbocycles. The molecule has 0 radical (unpaired) electrons. The summed E-state index contributed by atoms with van der Waals surface area (Å²) in [7, 11) is -4.47. The zero-order valence-electron chi connectivity index (χ0n) is 4.24. The molecule has 0 saturated heterocycles. The lowest BCUT2D eigenvalue weighted by atomic mass is 10.8. The van der Waals surface area contributed by atoms with Crippen molar-refractivity contribution in [1.82, 2.24) is 0 Å². The average Bonchev–Trinajstić information content (AvgIpc) is 1.59. The maximum absolute atomic E-state index is 9.72. The van der Waals surface area contributed by atoms with Crippen LogP contribution < -0.4 is 10.6 Å². The molecular weight excluding hydrogens is 133 g/mol. The second kappa shape index (κ2) is 3.17. The molecule has 4 N–H and O–H groups in total. The van der Waals surface area contributed by atoms with Gasteiger partial charge in [0.2, 0.25) is 0 Å². The molecule has 6 heteroatoms. The van der Waals surface area contributed by atoms with Crippen LogP contribution in [0, 0.1) is 0 Å². The Morgan fingerprint density at radius 2 is 2.38 bits per heavy atom. The molecule has 0 aliphatic carbocycles. The Bertz CT molecular complexity index is 98.2. The van der Waals surface area contributed by atoms with Gasteiger partial charge in [-0.2, -0.15) is 0 Å². The van der Waals surface area contributed by atoms with Gasteiger partial charge in [-0.3, -0.25) is 4.57 Å². The highest BCUT2D eigenvalue weighted by Crippen LogP contribution is 2.29. The van der Waals surface area contributed by atoms with Crippen LogP contribution in [0.4, 0.5) is 0 Å². The maximum atomic E-state index is 9.72. The molecule has 0 heterocycles. The SMILES string of the molecule is [NH3+]CCOP(=O)([O-])O. The molecule has 5 nitrogen and oxygen atoms in total. The van der Waals surface area contributed by atoms with Crippen LogP contribution in [0.15, 0.2) is 0 Å². The van der Waals surface area contributed by atoms with Gasteiger partial charge >= 0.3 is 0 Å². The molecule has 0 rings (SSSR count). The highest BCUT2D eigenvalue weighted by atomic mass is 31.2. The first-order chi connectivity index (χ1) is 3.56. The monoisotopic (exact) mass is 141 g/mol. The van der Waals surface area contributed by atoms with Crippen LogP contribution in [-0.2, 0) is 9.09 Å². The van der Waals surface area contributed by atoms with E-state index in [4.69, 9.17) is 4.89 Å². The van der Waals surface area contributed by atoms with Gasteiger partial charge in [-0.05, 0) is 0 Å². The summed E-state index contributed by atoms with van der Waals surface area (Å²) in [6.45, 7) is 0.268. The van der Waals surface area contributed by atoms with Crippen molar-refractivity contribution in [3.8, 4) is 0 Å². The summed E-state index contributed by atoms with van der Waals surface area (Å²) in [5.74, 6) is 0. The smallest absolute Gasteiger partial charge is 0.265 e. The summed E-state index contributed by atoms with van der Waals surface area (Å²) in [5.41, 5.74) is 3.29. The Morgan fingerprint density at radius 3 is 2.50 bits per heavy atom. The molecule has 0 aliphatic heterocycles. The van der Waals surface area contributed by atoms with Crippen LogP contribution >= 0.6 is 7.82 Å². The standard InChI is InChI=1S/C2H8NO4P/c3-1-2-7-8(4,5)6/h1-3H2,(H2,4,5,6). The lowest BCUT2D eigenvalue weighted by molar-refractivity contribution is -0.373. The van der Waals surface area contributed by atoms with E-state index >= 15 is 0 Å². The number of hydrogen-bond donors (Lipinski definition) is 2. The normalized spacial score (nSPS) is 17.9. The Hall–Kier alpha value is 0.0700. The van der Waals surface area contributed by atoms with Gasteiger partial charge in [-0.15, -0.1) is 0 Å². The summed E-state index contributed by atoms with van der Waals surface area (Å²) in [5, 5.41) is 0. The zero-order valence-corrected chi connectivity index (χ0v) is 5.13. The Balaban J connectivity index is 3.26. The maximum Gasteiger partial charge on any atom is 0.265 e. The van der Waals surface area contributed by atoms with Crippen molar-refractivity contribution in [2.24, 2.45) is 0 Å². The van der Waals surface area contributed by atoms with E-state index in [9.17, 15) is 9.46 Å². The molecule has 1 atom stereocenters. The van der Waals surface area contributed by atoms with E-state index in [1.165, 1.54) is 0 Å². The van der Waals surface area contributed by atoms with Gasteiger partial charge in [0.1, 0.15) is 6.61 Å². The van der Waals surface area contributed by atoms with Crippen molar-refractivity contribution in [1.29, 1.82) is 0 Å². The zero-order chi connectivity index (χ0) is 6.62. The molecule has 0 aliphatic rings. The van der Waals surface area contributed by atoms with Gasteiger partial charge in [0, 0.05) is 0 Å². The Kier molecular flexibility index (Phi) is 3.19. The number of phosphoric acid groups is 1. The van der Waals surface area contributed by atoms with E-state index < -0.39 is 7.82 Å². The highest BCUT2D eigenvalue weighted by molar-refractivity contribution is 7.44. The second-order valence-electron chi connectivity index (χ2n) is 1.16. The number of rotatable bonds is 3. The summed E-state index contributed by atoms with van der Waals surface area (Å²) >= 11 is 0. The molecule has 8 heavy (non-hydrogen) atoms. The van der Waals surface area contributed by atoms with Gasteiger partial charge < -0.3 is 20.0 Å². The minimum atomic E-state index is -4.47. The number of quaternary nitrogens is 1. The molecule has 0 fully saturated rings. The third-order valence-electron chi connectivity index (χ3n) is 0.399. The third-order valence-corrected chi connectivity index (χ3v) is 0.908. The van der Waals surface area contributed by atoms with Gasteiger partial charge in [0.15, 0.2) is 0 Å². The van der Waals surface area contributed by atoms with Gasteiger partial charge in [0.05, 0.1) is 6.54 Å². The third kappa shape index (κ3) is 6.07. The first kappa shape index (κ1) is 8.07. The van der Waals surface area contributed by atoms with Gasteiger partial charge in [0.25, 0.3) is 7.82 Å². The quantitative estimate of drug-likeness (QED) is 0.432. The Morgan fingerprint density at radius 1 is 1.88 bits per heavy atom. The molecule has 50 valence electrons. The van der Waals surface area contributed by atoms with E-state index in [-0.39, 0.29) is 6.61 Å². The summed E-state index contributed by atoms with van der Waals surface area (Å²) in [4.78, 5) is 17.6. The second-order valence-corrected chi connectivity index (χ2v) is 2.35. The van der Waals surface area contributed by atoms with Crippen LogP contribution in [0.2, 0.25) is 0 Å². The fourth-order valence-electron chi connectivity index (χ4n) is 0.180. The fraction of sp³-hybridized carbons (Fsp3) is 1.00. The minimum Gasteiger partial charge on any atom is -0.756 e. The number of phosphoric ester groups is 1. The van der Waals surface area contributed by atoms with E-state index in [0.29, 0.717) is 6.54 Å². The van der Waals surface area contributed by atoms with Crippen molar-refractivity contribution in [3.63, 3.8) is 0 Å². The fourth-order valence-corrected chi connectivity index (χ4v) is 0.540. The summed E-state index contributed by atoms with van der Waals surface area (Å²) < 4.78 is 13.6. The van der Waals surface area contributed by atoms with E-state index in [2.05, 4.69) is 10.3 Å². The first-order valence-corrected chi connectivity index (χ1v) is 3.53. The number of hydrogen-bond acceptors (Lipinski definition) is 3. The van der Waals surface area contributed by atoms with E-state index in [0.717, 1.165) is 0 Å². The lowest BCUT2D eigenvalue weighted by Crippen LogP contribution is -2.52. The van der Waals surface area contributed by atoms with Crippen molar-refractivity contribution >= 4 is 7.82 Å². The molecule has 0 bridgehead atoms. The van der Waals surface area contributed by atoms with Crippen LogP contribution in [0.3, 0.4) is 0 Å².